The fraction of sp³-hybridized carbons (Fsp3) is 0.450. The summed E-state index contributed by atoms with van der Waals surface area (Å²) in [7, 11) is 0. The first-order chi connectivity index (χ1) is 12.4. The Morgan fingerprint density at radius 2 is 1.92 bits per heavy atom. The van der Waals surface area contributed by atoms with Gasteiger partial charge in [-0.05, 0) is 49.4 Å². The number of amides is 1. The number of nitrogens with zero attached hydrogens (tertiary/aromatic N) is 2. The molecule has 2 aromatic rings. The van der Waals surface area contributed by atoms with Crippen LogP contribution in [0, 0.1) is 18.8 Å². The van der Waals surface area contributed by atoms with Gasteiger partial charge in [-0.3, -0.25) is 9.59 Å². The highest BCUT2D eigenvalue weighted by molar-refractivity contribution is 6.30. The molecule has 0 spiro atoms. The van der Waals surface area contributed by atoms with E-state index in [-0.39, 0.29) is 17.2 Å². The van der Waals surface area contributed by atoms with E-state index >= 15 is 0 Å². The van der Waals surface area contributed by atoms with Gasteiger partial charge in [0.15, 0.2) is 5.69 Å². The van der Waals surface area contributed by atoms with E-state index in [1.165, 1.54) is 12.5 Å². The first-order valence-corrected chi connectivity index (χ1v) is 9.42. The average molecular weight is 374 g/mol. The predicted molar refractivity (Wildman–Crippen MR) is 103 cm³/mol. The Morgan fingerprint density at radius 3 is 2.62 bits per heavy atom. The van der Waals surface area contributed by atoms with Crippen LogP contribution in [0.5, 0.6) is 0 Å². The molecule has 1 saturated carbocycles. The van der Waals surface area contributed by atoms with Crippen molar-refractivity contribution in [3.63, 3.8) is 0 Å². The minimum atomic E-state index is -0.399. The third kappa shape index (κ3) is 3.83. The van der Waals surface area contributed by atoms with Crippen molar-refractivity contribution < 1.29 is 4.79 Å². The Balaban J connectivity index is 1.89. The molecular formula is C20H24ClN3O2. The summed E-state index contributed by atoms with van der Waals surface area (Å²) in [6, 6.07) is 8.64. The van der Waals surface area contributed by atoms with E-state index in [1.54, 1.807) is 35.9 Å². The molecule has 0 saturated heterocycles. The number of carbonyl (C=O) groups excluding carboxylic acids is 1. The SMILES string of the molecule is Cc1cc(=O)c(C(=O)NC2CCCC(C)C2C)nn1-c1ccc(Cl)cc1. The minimum absolute atomic E-state index is 0.0732. The molecule has 1 aliphatic rings. The summed E-state index contributed by atoms with van der Waals surface area (Å²) in [5.41, 5.74) is 0.979. The molecule has 1 fully saturated rings. The molecule has 6 heteroatoms. The minimum Gasteiger partial charge on any atom is -0.348 e. The third-order valence-electron chi connectivity index (χ3n) is 5.42. The molecule has 1 heterocycles. The van der Waals surface area contributed by atoms with E-state index in [0.717, 1.165) is 18.5 Å². The quantitative estimate of drug-likeness (QED) is 0.891. The number of carbonyl (C=O) groups is 1. The lowest BCUT2D eigenvalue weighted by Crippen LogP contribution is -2.45. The van der Waals surface area contributed by atoms with Gasteiger partial charge in [0.25, 0.3) is 5.91 Å². The molecule has 1 aromatic carbocycles. The van der Waals surface area contributed by atoms with Gasteiger partial charge in [0.2, 0.25) is 5.43 Å². The number of benzene rings is 1. The number of aryl methyl sites for hydroxylation is 1. The fourth-order valence-electron chi connectivity index (χ4n) is 3.57. The van der Waals surface area contributed by atoms with Crippen LogP contribution in [-0.2, 0) is 0 Å². The van der Waals surface area contributed by atoms with Crippen LogP contribution < -0.4 is 10.7 Å². The predicted octanol–water partition coefficient (Wildman–Crippen LogP) is 3.75. The van der Waals surface area contributed by atoms with E-state index in [2.05, 4.69) is 24.3 Å². The highest BCUT2D eigenvalue weighted by atomic mass is 35.5. The van der Waals surface area contributed by atoms with Crippen LogP contribution in [0.15, 0.2) is 35.1 Å². The topological polar surface area (TPSA) is 64.0 Å². The number of rotatable bonds is 3. The summed E-state index contributed by atoms with van der Waals surface area (Å²) in [4.78, 5) is 25.1. The first-order valence-electron chi connectivity index (χ1n) is 9.04. The monoisotopic (exact) mass is 373 g/mol. The van der Waals surface area contributed by atoms with Crippen molar-refractivity contribution in [2.75, 3.05) is 0 Å². The lowest BCUT2D eigenvalue weighted by Gasteiger charge is -2.34. The summed E-state index contributed by atoms with van der Waals surface area (Å²) in [6.07, 6.45) is 3.21. The Morgan fingerprint density at radius 1 is 1.23 bits per heavy atom. The van der Waals surface area contributed by atoms with E-state index in [0.29, 0.717) is 22.6 Å². The summed E-state index contributed by atoms with van der Waals surface area (Å²) in [6.45, 7) is 6.15. The zero-order chi connectivity index (χ0) is 18.8. The Bertz CT molecular complexity index is 860. The highest BCUT2D eigenvalue weighted by Crippen LogP contribution is 2.29. The maximum absolute atomic E-state index is 12.7. The number of nitrogens with one attached hydrogen (secondary N) is 1. The lowest BCUT2D eigenvalue weighted by atomic mass is 9.78. The van der Waals surface area contributed by atoms with E-state index in [4.69, 9.17) is 11.6 Å². The van der Waals surface area contributed by atoms with Crippen LogP contribution in [-0.4, -0.2) is 21.7 Å². The third-order valence-corrected chi connectivity index (χ3v) is 5.67. The first kappa shape index (κ1) is 18.6. The van der Waals surface area contributed by atoms with Crippen molar-refractivity contribution >= 4 is 17.5 Å². The average Bonchev–Trinajstić information content (AvgIpc) is 2.60. The van der Waals surface area contributed by atoms with Gasteiger partial charge in [-0.15, -0.1) is 0 Å². The molecule has 1 aliphatic carbocycles. The van der Waals surface area contributed by atoms with Crippen molar-refractivity contribution in [2.45, 2.75) is 46.1 Å². The van der Waals surface area contributed by atoms with Crippen LogP contribution in [0.4, 0.5) is 0 Å². The summed E-state index contributed by atoms with van der Waals surface area (Å²) < 4.78 is 1.60. The van der Waals surface area contributed by atoms with Gasteiger partial charge in [0.1, 0.15) is 0 Å². The van der Waals surface area contributed by atoms with Crippen molar-refractivity contribution in [3.05, 3.63) is 57.0 Å². The number of hydrogen-bond acceptors (Lipinski definition) is 3. The molecule has 0 aliphatic heterocycles. The second kappa shape index (κ2) is 7.62. The van der Waals surface area contributed by atoms with Crippen molar-refractivity contribution in [2.24, 2.45) is 11.8 Å². The maximum Gasteiger partial charge on any atom is 0.276 e. The molecular weight excluding hydrogens is 350 g/mol. The number of halogens is 1. The molecule has 138 valence electrons. The lowest BCUT2D eigenvalue weighted by molar-refractivity contribution is 0.0883. The van der Waals surface area contributed by atoms with Crippen LogP contribution in [0.1, 0.15) is 49.3 Å². The number of aromatic nitrogens is 2. The van der Waals surface area contributed by atoms with E-state index in [1.807, 2.05) is 0 Å². The van der Waals surface area contributed by atoms with Gasteiger partial charge in [0, 0.05) is 22.8 Å². The van der Waals surface area contributed by atoms with Crippen molar-refractivity contribution in [1.29, 1.82) is 0 Å². The summed E-state index contributed by atoms with van der Waals surface area (Å²) >= 11 is 5.94. The zero-order valence-corrected chi connectivity index (χ0v) is 16.1. The van der Waals surface area contributed by atoms with Gasteiger partial charge in [0.05, 0.1) is 5.69 Å². The summed E-state index contributed by atoms with van der Waals surface area (Å²) in [5, 5.41) is 7.97. The van der Waals surface area contributed by atoms with Gasteiger partial charge < -0.3 is 5.32 Å². The molecule has 5 nitrogen and oxygen atoms in total. The number of hydrogen-bond donors (Lipinski definition) is 1. The Labute approximate surface area is 158 Å². The molecule has 0 bridgehead atoms. The van der Waals surface area contributed by atoms with Gasteiger partial charge in [-0.1, -0.05) is 38.3 Å². The molecule has 1 amide bonds. The standard InChI is InChI=1S/C20H24ClN3O2/c1-12-5-4-6-17(14(12)3)22-20(26)19-18(25)11-13(2)24(23-19)16-9-7-15(21)8-10-16/h7-12,14,17H,4-6H2,1-3H3,(H,22,26). The Kier molecular flexibility index (Phi) is 5.47. The second-order valence-corrected chi connectivity index (χ2v) is 7.67. The van der Waals surface area contributed by atoms with Crippen LogP contribution in [0.2, 0.25) is 5.02 Å². The second-order valence-electron chi connectivity index (χ2n) is 7.23. The van der Waals surface area contributed by atoms with Gasteiger partial charge >= 0.3 is 0 Å². The van der Waals surface area contributed by atoms with Crippen molar-refractivity contribution in [3.8, 4) is 5.69 Å². The maximum atomic E-state index is 12.7. The molecule has 3 atom stereocenters. The van der Waals surface area contributed by atoms with E-state index in [9.17, 15) is 9.59 Å². The Hall–Kier alpha value is -2.14. The molecule has 0 radical (unpaired) electrons. The molecule has 1 N–H and O–H groups in total. The zero-order valence-electron chi connectivity index (χ0n) is 15.3. The van der Waals surface area contributed by atoms with Crippen LogP contribution in [0.3, 0.4) is 0 Å². The van der Waals surface area contributed by atoms with Gasteiger partial charge in [-0.2, -0.15) is 5.10 Å². The van der Waals surface area contributed by atoms with Crippen LogP contribution in [0.25, 0.3) is 5.69 Å². The fourth-order valence-corrected chi connectivity index (χ4v) is 3.70. The normalized spacial score (nSPS) is 22.8. The smallest absolute Gasteiger partial charge is 0.276 e. The van der Waals surface area contributed by atoms with Crippen LogP contribution >= 0.6 is 11.6 Å². The molecule has 3 unspecified atom stereocenters. The molecule has 3 rings (SSSR count). The van der Waals surface area contributed by atoms with E-state index < -0.39 is 5.91 Å². The van der Waals surface area contributed by atoms with Crippen molar-refractivity contribution in [1.82, 2.24) is 15.1 Å². The van der Waals surface area contributed by atoms with Gasteiger partial charge in [-0.25, -0.2) is 4.68 Å². The summed E-state index contributed by atoms with van der Waals surface area (Å²) in [5.74, 6) is 0.547. The highest BCUT2D eigenvalue weighted by Gasteiger charge is 2.29. The molecule has 1 aromatic heterocycles. The largest absolute Gasteiger partial charge is 0.348 e. The molecule has 26 heavy (non-hydrogen) atoms.